The Labute approximate surface area is 148 Å². The molecule has 1 saturated heterocycles. The number of H-pyrrole nitrogens is 1. The minimum atomic E-state index is -0.486. The van der Waals surface area contributed by atoms with Gasteiger partial charge in [-0.1, -0.05) is 36.4 Å². The molecule has 128 valence electrons. The molecule has 2 atom stereocenters. The molecule has 1 aliphatic rings. The lowest BCUT2D eigenvalue weighted by molar-refractivity contribution is 0.0789. The number of benzene rings is 1. The minimum absolute atomic E-state index is 0.0428. The molecule has 0 spiro atoms. The van der Waals surface area contributed by atoms with Crippen molar-refractivity contribution in [1.29, 1.82) is 0 Å². The van der Waals surface area contributed by atoms with Gasteiger partial charge in [-0.25, -0.2) is 4.98 Å². The lowest BCUT2D eigenvalue weighted by Gasteiger charge is -2.14. The largest absolute Gasteiger partial charge is 0.337 e. The van der Waals surface area contributed by atoms with E-state index >= 15 is 0 Å². The molecule has 5 nitrogen and oxygen atoms in total. The lowest BCUT2D eigenvalue weighted by atomic mass is 9.97. The number of carbonyl (C=O) groups excluding carboxylic acids is 1. The summed E-state index contributed by atoms with van der Waals surface area (Å²) in [5.74, 6) is 0.761. The number of likely N-dealkylation sites (tertiary alicyclic amines) is 1. The van der Waals surface area contributed by atoms with Crippen molar-refractivity contribution in [2.75, 3.05) is 19.8 Å². The highest BCUT2D eigenvalue weighted by atomic mass is 32.1. The molecule has 1 aliphatic heterocycles. The monoisotopic (exact) mass is 356 g/mol. The number of nitrogens with zero attached hydrogens (tertiary/aromatic N) is 3. The van der Waals surface area contributed by atoms with Crippen LogP contribution in [0.4, 0.5) is 4.39 Å². The van der Waals surface area contributed by atoms with Crippen molar-refractivity contribution in [3.8, 4) is 11.4 Å². The number of alkyl halides is 1. The van der Waals surface area contributed by atoms with Crippen LogP contribution in [0.1, 0.15) is 21.4 Å². The number of carbonyl (C=O) groups is 1. The van der Waals surface area contributed by atoms with Crippen LogP contribution in [-0.4, -0.2) is 45.8 Å². The predicted octanol–water partition coefficient (Wildman–Crippen LogP) is 3.36. The van der Waals surface area contributed by atoms with Crippen molar-refractivity contribution in [3.63, 3.8) is 0 Å². The highest BCUT2D eigenvalue weighted by Crippen LogP contribution is 2.33. The number of hydrogen-bond donors (Lipinski definition) is 1. The van der Waals surface area contributed by atoms with Gasteiger partial charge in [0, 0.05) is 30.5 Å². The van der Waals surface area contributed by atoms with Gasteiger partial charge in [-0.05, 0) is 11.4 Å². The Morgan fingerprint density at radius 2 is 2.08 bits per heavy atom. The lowest BCUT2D eigenvalue weighted by Crippen LogP contribution is -2.28. The zero-order valence-electron chi connectivity index (χ0n) is 13.4. The van der Waals surface area contributed by atoms with Gasteiger partial charge in [-0.3, -0.25) is 14.3 Å². The van der Waals surface area contributed by atoms with Crippen LogP contribution in [-0.2, 0) is 0 Å². The molecule has 1 aromatic carbocycles. The number of rotatable bonds is 4. The summed E-state index contributed by atoms with van der Waals surface area (Å²) in [5, 5.41) is 9.07. The van der Waals surface area contributed by atoms with Gasteiger partial charge in [0.15, 0.2) is 5.82 Å². The van der Waals surface area contributed by atoms with E-state index in [0.29, 0.717) is 29.6 Å². The number of hydrogen-bond acceptors (Lipinski definition) is 4. The maximum atomic E-state index is 13.5. The van der Waals surface area contributed by atoms with E-state index in [1.54, 1.807) is 11.0 Å². The number of thiophene rings is 1. The van der Waals surface area contributed by atoms with Crippen molar-refractivity contribution < 1.29 is 9.18 Å². The van der Waals surface area contributed by atoms with Crippen LogP contribution in [0.15, 0.2) is 47.8 Å². The van der Waals surface area contributed by atoms with Gasteiger partial charge in [0.2, 0.25) is 0 Å². The van der Waals surface area contributed by atoms with Gasteiger partial charge >= 0.3 is 0 Å². The van der Waals surface area contributed by atoms with Crippen molar-refractivity contribution in [2.45, 2.75) is 5.92 Å². The summed E-state index contributed by atoms with van der Waals surface area (Å²) in [6.07, 6.45) is 0. The molecule has 3 heterocycles. The third kappa shape index (κ3) is 3.07. The summed E-state index contributed by atoms with van der Waals surface area (Å²) in [7, 11) is 0. The van der Waals surface area contributed by atoms with Crippen LogP contribution in [0.2, 0.25) is 0 Å². The standard InChI is InChI=1S/C18H17FN4OS/c19-9-13-10-23(18(24)15-7-4-8-25-15)11-14(13)17-20-16(21-22-17)12-5-2-1-3-6-12/h1-8,13-14H,9-11H2,(H,20,21,22)/t13-,14-/m1/s1. The number of aromatic amines is 1. The molecular weight excluding hydrogens is 339 g/mol. The first-order chi connectivity index (χ1) is 12.3. The Kier molecular flexibility index (Phi) is 4.31. The van der Waals surface area contributed by atoms with E-state index in [1.807, 2.05) is 41.8 Å². The van der Waals surface area contributed by atoms with Crippen LogP contribution >= 0.6 is 11.3 Å². The molecule has 0 unspecified atom stereocenters. The summed E-state index contributed by atoms with van der Waals surface area (Å²) in [6.45, 7) is 0.369. The molecule has 0 saturated carbocycles. The second kappa shape index (κ2) is 6.76. The Morgan fingerprint density at radius 3 is 2.80 bits per heavy atom. The van der Waals surface area contributed by atoms with Gasteiger partial charge in [0.1, 0.15) is 5.82 Å². The zero-order chi connectivity index (χ0) is 17.2. The topological polar surface area (TPSA) is 61.9 Å². The normalized spacial score (nSPS) is 20.1. The number of aromatic nitrogens is 3. The molecule has 3 aromatic rings. The Morgan fingerprint density at radius 1 is 1.24 bits per heavy atom. The van der Waals surface area contributed by atoms with Crippen molar-refractivity contribution in [2.24, 2.45) is 5.92 Å². The third-order valence-electron chi connectivity index (χ3n) is 4.54. The van der Waals surface area contributed by atoms with Gasteiger partial charge < -0.3 is 4.90 Å². The summed E-state index contributed by atoms with van der Waals surface area (Å²) in [5.41, 5.74) is 0.909. The average molecular weight is 356 g/mol. The first kappa shape index (κ1) is 16.0. The van der Waals surface area contributed by atoms with E-state index in [4.69, 9.17) is 0 Å². The van der Waals surface area contributed by atoms with E-state index in [9.17, 15) is 9.18 Å². The number of nitrogens with one attached hydrogen (secondary N) is 1. The second-order valence-corrected chi connectivity index (χ2v) is 7.07. The fourth-order valence-corrected chi connectivity index (χ4v) is 3.91. The van der Waals surface area contributed by atoms with E-state index in [-0.39, 0.29) is 17.7 Å². The molecule has 25 heavy (non-hydrogen) atoms. The summed E-state index contributed by atoms with van der Waals surface area (Å²) >= 11 is 1.40. The van der Waals surface area contributed by atoms with Crippen molar-refractivity contribution >= 4 is 17.2 Å². The minimum Gasteiger partial charge on any atom is -0.337 e. The molecular formula is C18H17FN4OS. The van der Waals surface area contributed by atoms with Crippen molar-refractivity contribution in [1.82, 2.24) is 20.1 Å². The molecule has 0 bridgehead atoms. The molecule has 1 amide bonds. The van der Waals surface area contributed by atoms with Gasteiger partial charge in [-0.2, -0.15) is 5.10 Å². The maximum Gasteiger partial charge on any atom is 0.263 e. The van der Waals surface area contributed by atoms with Crippen LogP contribution in [0.5, 0.6) is 0 Å². The third-order valence-corrected chi connectivity index (χ3v) is 5.40. The Hall–Kier alpha value is -2.54. The fraction of sp³-hybridized carbons (Fsp3) is 0.278. The van der Waals surface area contributed by atoms with Crippen LogP contribution in [0, 0.1) is 5.92 Å². The smallest absolute Gasteiger partial charge is 0.263 e. The predicted molar refractivity (Wildman–Crippen MR) is 94.2 cm³/mol. The second-order valence-electron chi connectivity index (χ2n) is 6.12. The molecule has 2 aromatic heterocycles. The molecule has 0 radical (unpaired) electrons. The molecule has 4 rings (SSSR count). The van der Waals surface area contributed by atoms with E-state index in [0.717, 1.165) is 5.56 Å². The highest BCUT2D eigenvalue weighted by Gasteiger charge is 2.38. The fourth-order valence-electron chi connectivity index (χ4n) is 3.22. The van der Waals surface area contributed by atoms with Crippen LogP contribution < -0.4 is 0 Å². The molecule has 1 fully saturated rings. The van der Waals surface area contributed by atoms with Gasteiger partial charge in [0.25, 0.3) is 5.91 Å². The summed E-state index contributed by atoms with van der Waals surface area (Å²) < 4.78 is 13.5. The Bertz CT molecular complexity index is 849. The maximum absolute atomic E-state index is 13.5. The van der Waals surface area contributed by atoms with E-state index in [2.05, 4.69) is 15.2 Å². The number of amides is 1. The van der Waals surface area contributed by atoms with Crippen molar-refractivity contribution in [3.05, 3.63) is 58.5 Å². The van der Waals surface area contributed by atoms with Crippen LogP contribution in [0.3, 0.4) is 0 Å². The number of halogens is 1. The van der Waals surface area contributed by atoms with E-state index < -0.39 is 6.67 Å². The highest BCUT2D eigenvalue weighted by molar-refractivity contribution is 7.12. The Balaban J connectivity index is 1.55. The molecule has 1 N–H and O–H groups in total. The molecule has 7 heteroatoms. The first-order valence-corrected chi connectivity index (χ1v) is 9.00. The quantitative estimate of drug-likeness (QED) is 0.780. The molecule has 0 aliphatic carbocycles. The summed E-state index contributed by atoms with van der Waals surface area (Å²) in [4.78, 5) is 19.5. The zero-order valence-corrected chi connectivity index (χ0v) is 14.2. The van der Waals surface area contributed by atoms with Gasteiger partial charge in [-0.15, -0.1) is 11.3 Å². The van der Waals surface area contributed by atoms with Crippen LogP contribution in [0.25, 0.3) is 11.4 Å². The first-order valence-electron chi connectivity index (χ1n) is 8.12. The van der Waals surface area contributed by atoms with Gasteiger partial charge in [0.05, 0.1) is 11.6 Å². The van der Waals surface area contributed by atoms with E-state index in [1.165, 1.54) is 11.3 Å². The SMILES string of the molecule is O=C(c1cccs1)N1C[C@@H](CF)[C@H](c2nc(-c3ccccc3)n[nH]2)C1. The summed E-state index contributed by atoms with van der Waals surface area (Å²) in [6, 6.07) is 13.3. The average Bonchev–Trinajstić information content (AvgIpc) is 3.41.